The van der Waals surface area contributed by atoms with Gasteiger partial charge in [0, 0.05) is 29.3 Å². The Kier molecular flexibility index (Phi) is 4.51. The first kappa shape index (κ1) is 12.7. The van der Waals surface area contributed by atoms with Gasteiger partial charge in [0.2, 0.25) is 0 Å². The molecule has 0 heterocycles. The number of hydrogen-bond acceptors (Lipinski definition) is 3. The fraction of sp³-hybridized carbons (Fsp3) is 0.333. The van der Waals surface area contributed by atoms with Crippen LogP contribution in [0.4, 0.5) is 5.69 Å². The molecule has 3 nitrogen and oxygen atoms in total. The lowest BCUT2D eigenvalue weighted by molar-refractivity contribution is 0.112. The van der Waals surface area contributed by atoms with Gasteiger partial charge in [0.05, 0.1) is 12.0 Å². The monoisotopic (exact) mass is 280 g/mol. The van der Waals surface area contributed by atoms with Crippen molar-refractivity contribution in [2.45, 2.75) is 6.92 Å². The van der Waals surface area contributed by atoms with E-state index in [0.29, 0.717) is 12.1 Å². The fourth-order valence-corrected chi connectivity index (χ4v) is 1.85. The van der Waals surface area contributed by atoms with E-state index >= 15 is 0 Å². The summed E-state index contributed by atoms with van der Waals surface area (Å²) >= 11 is 3.37. The van der Waals surface area contributed by atoms with Gasteiger partial charge in [-0.3, -0.25) is 4.79 Å². The lowest BCUT2D eigenvalue weighted by Gasteiger charge is -2.22. The van der Waals surface area contributed by atoms with Crippen LogP contribution in [-0.4, -0.2) is 19.9 Å². The van der Waals surface area contributed by atoms with Crippen LogP contribution in [0.15, 0.2) is 22.7 Å². The first-order valence-electron chi connectivity index (χ1n) is 4.94. The molecule has 16 heavy (non-hydrogen) atoms. The summed E-state index contributed by atoms with van der Waals surface area (Å²) in [5.74, 6) is -0.0662. The summed E-state index contributed by atoms with van der Waals surface area (Å²) in [6, 6.07) is 7.65. The highest BCUT2D eigenvalue weighted by Crippen LogP contribution is 2.23. The maximum atomic E-state index is 10.9. The maximum absolute atomic E-state index is 10.9. The quantitative estimate of drug-likeness (QED) is 0.797. The molecule has 4 heteroatoms. The molecule has 0 amide bonds. The van der Waals surface area contributed by atoms with Crippen LogP contribution in [0, 0.1) is 17.2 Å². The summed E-state index contributed by atoms with van der Waals surface area (Å²) in [6.45, 7) is 2.46. The number of hydrogen-bond donors (Lipinski definition) is 0. The average molecular weight is 281 g/mol. The number of nitriles is 1. The first-order chi connectivity index (χ1) is 7.58. The van der Waals surface area contributed by atoms with Crippen molar-refractivity contribution in [3.63, 3.8) is 0 Å². The van der Waals surface area contributed by atoms with Crippen LogP contribution in [0.25, 0.3) is 0 Å². The Morgan fingerprint density at radius 2 is 2.31 bits per heavy atom. The molecule has 0 saturated carbocycles. The molecule has 0 aliphatic rings. The minimum absolute atomic E-state index is 0.0662. The third-order valence-electron chi connectivity index (χ3n) is 2.30. The van der Waals surface area contributed by atoms with E-state index in [9.17, 15) is 4.79 Å². The van der Waals surface area contributed by atoms with Gasteiger partial charge in [0.1, 0.15) is 0 Å². The first-order valence-corrected chi connectivity index (χ1v) is 5.73. The highest BCUT2D eigenvalue weighted by Gasteiger charge is 2.10. The summed E-state index contributed by atoms with van der Waals surface area (Å²) in [5.41, 5.74) is 1.47. The second-order valence-corrected chi connectivity index (χ2v) is 4.65. The zero-order chi connectivity index (χ0) is 12.1. The molecule has 0 spiro atoms. The van der Waals surface area contributed by atoms with Gasteiger partial charge < -0.3 is 4.90 Å². The van der Waals surface area contributed by atoms with Crippen molar-refractivity contribution < 1.29 is 4.79 Å². The van der Waals surface area contributed by atoms with E-state index in [1.54, 1.807) is 6.07 Å². The molecular weight excluding hydrogens is 268 g/mol. The standard InChI is InChI=1S/C12H13BrN2O/c1-9(6-14)7-15(2)12-5-11(13)4-3-10(12)8-16/h3-5,8-9H,7H2,1-2H3. The summed E-state index contributed by atoms with van der Waals surface area (Å²) in [5, 5.41) is 8.76. The Bertz CT molecular complexity index is 426. The molecule has 0 fully saturated rings. The molecule has 0 aliphatic heterocycles. The van der Waals surface area contributed by atoms with E-state index in [2.05, 4.69) is 22.0 Å². The second kappa shape index (κ2) is 5.66. The van der Waals surface area contributed by atoms with E-state index in [-0.39, 0.29) is 5.92 Å². The van der Waals surface area contributed by atoms with Gasteiger partial charge >= 0.3 is 0 Å². The average Bonchev–Trinajstić information content (AvgIpc) is 2.28. The van der Waals surface area contributed by atoms with E-state index < -0.39 is 0 Å². The molecule has 0 N–H and O–H groups in total. The van der Waals surface area contributed by atoms with Crippen LogP contribution in [0.1, 0.15) is 17.3 Å². The topological polar surface area (TPSA) is 44.1 Å². The highest BCUT2D eigenvalue weighted by atomic mass is 79.9. The third-order valence-corrected chi connectivity index (χ3v) is 2.79. The number of nitrogens with zero attached hydrogens (tertiary/aromatic N) is 2. The lowest BCUT2D eigenvalue weighted by Crippen LogP contribution is -2.24. The summed E-state index contributed by atoms with van der Waals surface area (Å²) in [4.78, 5) is 12.8. The Hall–Kier alpha value is -1.34. The van der Waals surface area contributed by atoms with Gasteiger partial charge in [-0.2, -0.15) is 5.26 Å². The number of carbonyl (C=O) groups is 1. The zero-order valence-corrected chi connectivity index (χ0v) is 10.9. The SMILES string of the molecule is CC(C#N)CN(C)c1cc(Br)ccc1C=O. The van der Waals surface area contributed by atoms with Crippen molar-refractivity contribution in [1.29, 1.82) is 5.26 Å². The molecule has 0 aliphatic carbocycles. The molecule has 0 aromatic heterocycles. The van der Waals surface area contributed by atoms with Gasteiger partial charge in [-0.25, -0.2) is 0 Å². The number of rotatable bonds is 4. The van der Waals surface area contributed by atoms with Crippen LogP contribution in [0.3, 0.4) is 0 Å². The van der Waals surface area contributed by atoms with Gasteiger partial charge in [0.15, 0.2) is 6.29 Å². The molecule has 1 atom stereocenters. The molecule has 0 radical (unpaired) electrons. The molecular formula is C12H13BrN2O. The predicted octanol–water partition coefficient (Wildman–Crippen LogP) is 2.86. The number of anilines is 1. The molecule has 84 valence electrons. The smallest absolute Gasteiger partial charge is 0.152 e. The number of carbonyl (C=O) groups excluding carboxylic acids is 1. The zero-order valence-electron chi connectivity index (χ0n) is 9.27. The minimum Gasteiger partial charge on any atom is -0.373 e. The molecule has 0 bridgehead atoms. The van der Waals surface area contributed by atoms with E-state index in [0.717, 1.165) is 16.4 Å². The minimum atomic E-state index is -0.0662. The van der Waals surface area contributed by atoms with Gasteiger partial charge in [-0.05, 0) is 25.1 Å². The maximum Gasteiger partial charge on any atom is 0.152 e. The van der Waals surface area contributed by atoms with E-state index in [1.807, 2.05) is 31.0 Å². The van der Waals surface area contributed by atoms with Crippen molar-refractivity contribution in [2.24, 2.45) is 5.92 Å². The van der Waals surface area contributed by atoms with Crippen LogP contribution in [-0.2, 0) is 0 Å². The van der Waals surface area contributed by atoms with Crippen molar-refractivity contribution in [3.8, 4) is 6.07 Å². The van der Waals surface area contributed by atoms with E-state index in [1.165, 1.54) is 0 Å². The van der Waals surface area contributed by atoms with Gasteiger partial charge in [-0.1, -0.05) is 15.9 Å². The van der Waals surface area contributed by atoms with Gasteiger partial charge in [0.25, 0.3) is 0 Å². The van der Waals surface area contributed by atoms with Crippen molar-refractivity contribution in [3.05, 3.63) is 28.2 Å². The second-order valence-electron chi connectivity index (χ2n) is 3.73. The number of halogens is 1. The summed E-state index contributed by atoms with van der Waals surface area (Å²) in [6.07, 6.45) is 0.829. The Morgan fingerprint density at radius 3 is 2.88 bits per heavy atom. The largest absolute Gasteiger partial charge is 0.373 e. The van der Waals surface area contributed by atoms with Crippen molar-refractivity contribution in [1.82, 2.24) is 0 Å². The van der Waals surface area contributed by atoms with Crippen LogP contribution < -0.4 is 4.90 Å². The Morgan fingerprint density at radius 1 is 1.62 bits per heavy atom. The summed E-state index contributed by atoms with van der Waals surface area (Å²) in [7, 11) is 1.88. The Labute approximate surface area is 104 Å². The predicted molar refractivity (Wildman–Crippen MR) is 67.6 cm³/mol. The van der Waals surface area contributed by atoms with Crippen LogP contribution in [0.2, 0.25) is 0 Å². The normalized spacial score (nSPS) is 11.6. The van der Waals surface area contributed by atoms with Crippen LogP contribution in [0.5, 0.6) is 0 Å². The third kappa shape index (κ3) is 3.07. The molecule has 0 saturated heterocycles. The Balaban J connectivity index is 2.98. The number of aldehydes is 1. The summed E-state index contributed by atoms with van der Waals surface area (Å²) < 4.78 is 0.921. The molecule has 1 unspecified atom stereocenters. The number of benzene rings is 1. The molecule has 1 aromatic carbocycles. The van der Waals surface area contributed by atoms with Crippen LogP contribution >= 0.6 is 15.9 Å². The molecule has 1 aromatic rings. The van der Waals surface area contributed by atoms with E-state index in [4.69, 9.17) is 5.26 Å². The lowest BCUT2D eigenvalue weighted by atomic mass is 10.1. The van der Waals surface area contributed by atoms with Crippen molar-refractivity contribution in [2.75, 3.05) is 18.5 Å². The van der Waals surface area contributed by atoms with Crippen molar-refractivity contribution >= 4 is 27.9 Å². The molecule has 1 rings (SSSR count). The highest BCUT2D eigenvalue weighted by molar-refractivity contribution is 9.10. The fourth-order valence-electron chi connectivity index (χ4n) is 1.50. The van der Waals surface area contributed by atoms with Gasteiger partial charge in [-0.15, -0.1) is 0 Å².